The maximum absolute atomic E-state index is 11.4. The lowest BCUT2D eigenvalue weighted by atomic mass is 10.1. The monoisotopic (exact) mass is 429 g/mol. The summed E-state index contributed by atoms with van der Waals surface area (Å²) in [5.41, 5.74) is 4.38. The molecule has 0 spiro atoms. The lowest BCUT2D eigenvalue weighted by molar-refractivity contribution is -0.118. The van der Waals surface area contributed by atoms with Gasteiger partial charge in [0, 0.05) is 37.0 Å². The zero-order chi connectivity index (χ0) is 22.3. The largest absolute Gasteiger partial charge is 0.387 e. The first-order chi connectivity index (χ1) is 15.7. The first-order valence-corrected chi connectivity index (χ1v) is 10.3. The zero-order valence-electron chi connectivity index (χ0n) is 17.5. The summed E-state index contributed by atoms with van der Waals surface area (Å²) in [5, 5.41) is 20.8. The third kappa shape index (κ3) is 5.09. The number of aliphatic hydroxyl groups excluding tert-OH is 1. The van der Waals surface area contributed by atoms with Crippen molar-refractivity contribution in [2.75, 3.05) is 43.1 Å². The molecule has 2 aromatic carbocycles. The lowest BCUT2D eigenvalue weighted by Crippen LogP contribution is -2.36. The number of hydrogen-bond donors (Lipinski definition) is 2. The van der Waals surface area contributed by atoms with E-state index in [0.717, 1.165) is 37.4 Å². The highest BCUT2D eigenvalue weighted by molar-refractivity contribution is 5.93. The van der Waals surface area contributed by atoms with Crippen molar-refractivity contribution in [1.82, 2.24) is 9.97 Å². The zero-order valence-corrected chi connectivity index (χ0v) is 17.5. The van der Waals surface area contributed by atoms with Crippen LogP contribution in [0.15, 0.2) is 54.7 Å². The van der Waals surface area contributed by atoms with E-state index in [1.165, 1.54) is 5.69 Å². The number of aromatic nitrogens is 2. The van der Waals surface area contributed by atoms with Gasteiger partial charge in [0.05, 0.1) is 30.2 Å². The normalized spacial score (nSPS) is 13.4. The Morgan fingerprint density at radius 3 is 2.66 bits per heavy atom. The van der Waals surface area contributed by atoms with Gasteiger partial charge in [0.1, 0.15) is 18.5 Å². The second-order valence-electron chi connectivity index (χ2n) is 7.38. The Kier molecular flexibility index (Phi) is 6.70. The van der Waals surface area contributed by atoms with Crippen LogP contribution >= 0.6 is 0 Å². The molecule has 0 aliphatic carbocycles. The topological polar surface area (TPSA) is 111 Å². The fraction of sp³-hybridized carbons (Fsp3) is 0.250. The van der Waals surface area contributed by atoms with Crippen LogP contribution in [0.3, 0.4) is 0 Å². The second-order valence-corrected chi connectivity index (χ2v) is 7.38. The Morgan fingerprint density at radius 1 is 1.16 bits per heavy atom. The summed E-state index contributed by atoms with van der Waals surface area (Å²) in [4.78, 5) is 22.8. The number of carbonyl (C=O) groups is 1. The number of rotatable bonds is 6. The van der Waals surface area contributed by atoms with E-state index in [-0.39, 0.29) is 0 Å². The number of ether oxygens (including phenoxy) is 1. The molecule has 4 rings (SSSR count). The van der Waals surface area contributed by atoms with Crippen LogP contribution in [-0.4, -0.2) is 53.9 Å². The Morgan fingerprint density at radius 2 is 1.94 bits per heavy atom. The highest BCUT2D eigenvalue weighted by Crippen LogP contribution is 2.24. The Labute approximate surface area is 186 Å². The van der Waals surface area contributed by atoms with Gasteiger partial charge >= 0.3 is 0 Å². The van der Waals surface area contributed by atoms with Crippen molar-refractivity contribution in [3.63, 3.8) is 0 Å². The molecule has 162 valence electrons. The minimum Gasteiger partial charge on any atom is -0.387 e. The first-order valence-electron chi connectivity index (χ1n) is 10.3. The highest BCUT2D eigenvalue weighted by Gasteiger charge is 2.12. The molecule has 1 saturated heterocycles. The second kappa shape index (κ2) is 10.0. The lowest BCUT2D eigenvalue weighted by Gasteiger charge is -2.28. The fourth-order valence-corrected chi connectivity index (χ4v) is 3.57. The summed E-state index contributed by atoms with van der Waals surface area (Å²) in [6.07, 6.45) is 2.29. The maximum atomic E-state index is 11.4. The molecule has 1 aliphatic heterocycles. The van der Waals surface area contributed by atoms with E-state index < -0.39 is 12.5 Å². The Balaban J connectivity index is 1.50. The van der Waals surface area contributed by atoms with E-state index in [1.54, 1.807) is 30.5 Å². The van der Waals surface area contributed by atoms with E-state index in [9.17, 15) is 10.1 Å². The summed E-state index contributed by atoms with van der Waals surface area (Å²) < 4.78 is 5.41. The number of nitriles is 1. The number of hydrogen-bond acceptors (Lipinski definition) is 7. The molecule has 0 radical (unpaired) electrons. The third-order valence-corrected chi connectivity index (χ3v) is 5.23. The molecule has 1 aromatic heterocycles. The summed E-state index contributed by atoms with van der Waals surface area (Å²) in [6.45, 7) is 2.67. The number of anilines is 2. The summed E-state index contributed by atoms with van der Waals surface area (Å²) >= 11 is 0. The van der Waals surface area contributed by atoms with E-state index >= 15 is 0 Å². The van der Waals surface area contributed by atoms with Crippen LogP contribution in [0.5, 0.6) is 0 Å². The molecule has 0 bridgehead atoms. The van der Waals surface area contributed by atoms with E-state index in [0.29, 0.717) is 29.2 Å². The van der Waals surface area contributed by atoms with E-state index in [1.807, 2.05) is 0 Å². The number of carbonyl (C=O) groups excluding carboxylic acids is 1. The van der Waals surface area contributed by atoms with Gasteiger partial charge in [0.2, 0.25) is 5.91 Å². The van der Waals surface area contributed by atoms with Crippen LogP contribution in [0.1, 0.15) is 17.0 Å². The van der Waals surface area contributed by atoms with Crippen LogP contribution in [-0.2, 0) is 16.0 Å². The molecule has 0 saturated carbocycles. The van der Waals surface area contributed by atoms with Gasteiger partial charge in [-0.25, -0.2) is 9.97 Å². The molecule has 0 unspecified atom stereocenters. The van der Waals surface area contributed by atoms with E-state index in [2.05, 4.69) is 50.5 Å². The third-order valence-electron chi connectivity index (χ3n) is 5.23. The van der Waals surface area contributed by atoms with Gasteiger partial charge in [-0.15, -0.1) is 0 Å². The van der Waals surface area contributed by atoms with Crippen molar-refractivity contribution < 1.29 is 14.6 Å². The van der Waals surface area contributed by atoms with Crippen LogP contribution in [0.25, 0.3) is 11.3 Å². The number of amides is 1. The van der Waals surface area contributed by atoms with Crippen molar-refractivity contribution in [3.8, 4) is 17.3 Å². The van der Waals surface area contributed by atoms with Gasteiger partial charge in [-0.05, 0) is 35.9 Å². The molecule has 2 heterocycles. The van der Waals surface area contributed by atoms with Gasteiger partial charge in [-0.1, -0.05) is 18.2 Å². The summed E-state index contributed by atoms with van der Waals surface area (Å²) in [5.74, 6) is 0.107. The van der Waals surface area contributed by atoms with Crippen LogP contribution in [0.2, 0.25) is 0 Å². The van der Waals surface area contributed by atoms with Crippen LogP contribution in [0.4, 0.5) is 11.4 Å². The van der Waals surface area contributed by atoms with E-state index in [4.69, 9.17) is 9.84 Å². The van der Waals surface area contributed by atoms with Gasteiger partial charge < -0.3 is 20.1 Å². The Bertz CT molecular complexity index is 1140. The molecule has 3 aromatic rings. The van der Waals surface area contributed by atoms with Gasteiger partial charge in [0.15, 0.2) is 0 Å². The number of nitrogens with one attached hydrogen (secondary N) is 1. The van der Waals surface area contributed by atoms with Gasteiger partial charge in [-0.2, -0.15) is 5.26 Å². The average Bonchev–Trinajstić information content (AvgIpc) is 2.85. The molecule has 2 N–H and O–H groups in total. The fourth-order valence-electron chi connectivity index (χ4n) is 3.57. The Hall–Kier alpha value is -3.80. The molecule has 1 aliphatic rings. The highest BCUT2D eigenvalue weighted by atomic mass is 16.5. The summed E-state index contributed by atoms with van der Waals surface area (Å²) in [7, 11) is 0. The molecular formula is C24H23N5O3. The van der Waals surface area contributed by atoms with Crippen molar-refractivity contribution in [2.45, 2.75) is 6.42 Å². The first kappa shape index (κ1) is 21.4. The molecule has 0 atom stereocenters. The van der Waals surface area contributed by atoms with Crippen molar-refractivity contribution >= 4 is 17.3 Å². The predicted octanol–water partition coefficient (Wildman–Crippen LogP) is 2.37. The molecule has 1 fully saturated rings. The number of aliphatic hydroxyl groups is 1. The number of nitrogens with zero attached hydrogens (tertiary/aromatic N) is 4. The number of morpholine rings is 1. The van der Waals surface area contributed by atoms with Crippen LogP contribution in [0, 0.1) is 11.3 Å². The SMILES string of the molecule is N#Cc1cc(-c2ccnc(Cc3ccc(N4CCOCC4)cc3)n2)ccc1NC(=O)CO. The van der Waals surface area contributed by atoms with Crippen molar-refractivity contribution in [3.05, 3.63) is 71.7 Å². The number of benzene rings is 2. The minimum absolute atomic E-state index is 0.295. The standard InChI is InChI=1S/C24H23N5O3/c25-15-19-14-18(3-6-21(19)28-24(31)16-30)22-7-8-26-23(27-22)13-17-1-4-20(5-2-17)29-9-11-32-12-10-29/h1-8,14,30H,9-13,16H2,(H,28,31). The smallest absolute Gasteiger partial charge is 0.250 e. The maximum Gasteiger partial charge on any atom is 0.250 e. The quantitative estimate of drug-likeness (QED) is 0.619. The van der Waals surface area contributed by atoms with Crippen molar-refractivity contribution in [1.29, 1.82) is 5.26 Å². The molecule has 1 amide bonds. The molecule has 8 nitrogen and oxygen atoms in total. The van der Waals surface area contributed by atoms with Crippen molar-refractivity contribution in [2.24, 2.45) is 0 Å². The molecule has 32 heavy (non-hydrogen) atoms. The average molecular weight is 429 g/mol. The molecule has 8 heteroatoms. The predicted molar refractivity (Wildman–Crippen MR) is 120 cm³/mol. The van der Waals surface area contributed by atoms with Gasteiger partial charge in [-0.3, -0.25) is 4.79 Å². The van der Waals surface area contributed by atoms with Gasteiger partial charge in [0.25, 0.3) is 0 Å². The summed E-state index contributed by atoms with van der Waals surface area (Å²) in [6, 6.07) is 17.3. The van der Waals surface area contributed by atoms with Crippen LogP contribution < -0.4 is 10.2 Å². The minimum atomic E-state index is -0.644. The molecular weight excluding hydrogens is 406 g/mol.